The van der Waals surface area contributed by atoms with Gasteiger partial charge in [-0.25, -0.2) is 4.79 Å². The summed E-state index contributed by atoms with van der Waals surface area (Å²) in [5.74, 6) is 0. The van der Waals surface area contributed by atoms with Crippen LogP contribution in [-0.2, 0) is 0 Å². The third-order valence-electron chi connectivity index (χ3n) is 1.17. The number of likely N-dealkylation sites (N-methyl/N-ethyl adjacent to an activating group) is 1. The highest BCUT2D eigenvalue weighted by molar-refractivity contribution is 14.1. The monoisotopic (exact) mass is 226 g/mol. The molecule has 1 rings (SSSR count). The summed E-state index contributed by atoms with van der Waals surface area (Å²) >= 11 is 2.02. The summed E-state index contributed by atoms with van der Waals surface area (Å²) in [5.41, 5.74) is 0. The van der Waals surface area contributed by atoms with Gasteiger partial charge in [-0.3, -0.25) is 3.11 Å². The molecular formula is C4H7IN2O. The Bertz CT molecular complexity index is 105. The van der Waals surface area contributed by atoms with E-state index in [9.17, 15) is 4.79 Å². The third kappa shape index (κ3) is 0.888. The van der Waals surface area contributed by atoms with Crippen LogP contribution in [0, 0.1) is 0 Å². The number of urea groups is 1. The number of amides is 2. The number of nitrogens with zero attached hydrogens (tertiary/aromatic N) is 2. The lowest BCUT2D eigenvalue weighted by atomic mass is 10.7. The van der Waals surface area contributed by atoms with Crippen LogP contribution < -0.4 is 0 Å². The maximum atomic E-state index is 10.7. The molecule has 0 saturated carbocycles. The number of hydrogen-bond acceptors (Lipinski definition) is 1. The Morgan fingerprint density at radius 1 is 1.62 bits per heavy atom. The van der Waals surface area contributed by atoms with Crippen LogP contribution in [0.25, 0.3) is 0 Å². The molecule has 1 fully saturated rings. The molecule has 0 atom stereocenters. The van der Waals surface area contributed by atoms with Crippen LogP contribution in [-0.4, -0.2) is 34.2 Å². The largest absolute Gasteiger partial charge is 0.328 e. The molecule has 1 aliphatic rings. The molecule has 0 N–H and O–H groups in total. The van der Waals surface area contributed by atoms with Crippen molar-refractivity contribution >= 4 is 28.9 Å². The van der Waals surface area contributed by atoms with Gasteiger partial charge in [-0.05, 0) is 0 Å². The molecule has 0 radical (unpaired) electrons. The van der Waals surface area contributed by atoms with Crippen LogP contribution in [0.5, 0.6) is 0 Å². The van der Waals surface area contributed by atoms with Crippen molar-refractivity contribution in [1.82, 2.24) is 8.01 Å². The zero-order valence-electron chi connectivity index (χ0n) is 4.59. The molecule has 2 amide bonds. The van der Waals surface area contributed by atoms with Crippen molar-refractivity contribution in [3.63, 3.8) is 0 Å². The zero-order valence-corrected chi connectivity index (χ0v) is 6.75. The van der Waals surface area contributed by atoms with Gasteiger partial charge in [-0.15, -0.1) is 0 Å². The van der Waals surface area contributed by atoms with Crippen LogP contribution in [0.2, 0.25) is 0 Å². The van der Waals surface area contributed by atoms with E-state index in [1.165, 1.54) is 0 Å². The van der Waals surface area contributed by atoms with Crippen molar-refractivity contribution in [2.75, 3.05) is 20.1 Å². The minimum Gasteiger partial charge on any atom is -0.325 e. The van der Waals surface area contributed by atoms with Crippen LogP contribution in [0.3, 0.4) is 0 Å². The Kier molecular flexibility index (Phi) is 1.59. The molecule has 4 heteroatoms. The van der Waals surface area contributed by atoms with Crippen LogP contribution >= 0.6 is 22.9 Å². The molecule has 3 nitrogen and oxygen atoms in total. The smallest absolute Gasteiger partial charge is 0.325 e. The number of hydrogen-bond donors (Lipinski definition) is 0. The molecule has 0 aromatic rings. The van der Waals surface area contributed by atoms with Gasteiger partial charge in [0.05, 0.1) is 29.4 Å². The van der Waals surface area contributed by atoms with Gasteiger partial charge in [0.25, 0.3) is 0 Å². The van der Waals surface area contributed by atoms with Gasteiger partial charge in [0, 0.05) is 13.6 Å². The van der Waals surface area contributed by atoms with Gasteiger partial charge in [0.1, 0.15) is 0 Å². The van der Waals surface area contributed by atoms with E-state index in [2.05, 4.69) is 0 Å². The summed E-state index contributed by atoms with van der Waals surface area (Å²) in [6, 6.07) is 0.116. The van der Waals surface area contributed by atoms with E-state index < -0.39 is 0 Å². The van der Waals surface area contributed by atoms with Crippen LogP contribution in [0.4, 0.5) is 4.79 Å². The Balaban J connectivity index is 2.57. The maximum absolute atomic E-state index is 10.7. The Morgan fingerprint density at radius 2 is 2.25 bits per heavy atom. The molecule has 8 heavy (non-hydrogen) atoms. The highest BCUT2D eigenvalue weighted by Crippen LogP contribution is 2.09. The average molecular weight is 226 g/mol. The van der Waals surface area contributed by atoms with E-state index >= 15 is 0 Å². The standard InChI is InChI=1S/C4H7IN2O/c1-6-2-3-7(5)4(6)8/h2-3H2,1H3. The summed E-state index contributed by atoms with van der Waals surface area (Å²) in [6.45, 7) is 1.72. The molecule has 0 aliphatic carbocycles. The van der Waals surface area contributed by atoms with Crippen molar-refractivity contribution in [2.24, 2.45) is 0 Å². The highest BCUT2D eigenvalue weighted by atomic mass is 127. The van der Waals surface area contributed by atoms with Crippen LogP contribution in [0.15, 0.2) is 0 Å². The van der Waals surface area contributed by atoms with Crippen molar-refractivity contribution < 1.29 is 4.79 Å². The lowest BCUT2D eigenvalue weighted by Crippen LogP contribution is -2.22. The summed E-state index contributed by atoms with van der Waals surface area (Å²) in [4.78, 5) is 12.5. The lowest BCUT2D eigenvalue weighted by molar-refractivity contribution is 0.218. The molecule has 0 bridgehead atoms. The van der Waals surface area contributed by atoms with Gasteiger partial charge in [-0.1, -0.05) is 0 Å². The fourth-order valence-electron chi connectivity index (χ4n) is 0.614. The average Bonchev–Trinajstić information content (AvgIpc) is 1.98. The minimum absolute atomic E-state index is 0.116. The van der Waals surface area contributed by atoms with E-state index in [0.717, 1.165) is 13.1 Å². The van der Waals surface area contributed by atoms with Crippen molar-refractivity contribution in [1.29, 1.82) is 0 Å². The molecule has 0 aromatic heterocycles. The van der Waals surface area contributed by atoms with E-state index in [4.69, 9.17) is 0 Å². The second-order valence-corrected chi connectivity index (χ2v) is 2.95. The number of carbonyl (C=O) groups excluding carboxylic acids is 1. The molecule has 1 aliphatic heterocycles. The minimum atomic E-state index is 0.116. The second kappa shape index (κ2) is 2.08. The van der Waals surface area contributed by atoms with Gasteiger partial charge in [0.2, 0.25) is 0 Å². The van der Waals surface area contributed by atoms with Gasteiger partial charge < -0.3 is 4.90 Å². The van der Waals surface area contributed by atoms with Gasteiger partial charge in [0.15, 0.2) is 0 Å². The first-order valence-corrected chi connectivity index (χ1v) is 3.36. The Labute approximate surface area is 62.1 Å². The van der Waals surface area contributed by atoms with E-state index in [0.29, 0.717) is 0 Å². The van der Waals surface area contributed by atoms with E-state index in [1.54, 1.807) is 15.1 Å². The topological polar surface area (TPSA) is 23.6 Å². The Hall–Kier alpha value is -0.0000000000000000555. The fraction of sp³-hybridized carbons (Fsp3) is 0.750. The SMILES string of the molecule is CN1CCN(I)C1=O. The molecule has 0 aromatic carbocycles. The summed E-state index contributed by atoms with van der Waals surface area (Å²) in [6.07, 6.45) is 0. The van der Waals surface area contributed by atoms with Gasteiger partial charge >= 0.3 is 6.03 Å². The lowest BCUT2D eigenvalue weighted by Gasteiger charge is -2.05. The third-order valence-corrected chi connectivity index (χ3v) is 2.06. The number of halogens is 1. The fourth-order valence-corrected chi connectivity index (χ4v) is 1.20. The predicted molar refractivity (Wildman–Crippen MR) is 38.8 cm³/mol. The number of rotatable bonds is 0. The first-order chi connectivity index (χ1) is 3.72. The quantitative estimate of drug-likeness (QED) is 0.440. The van der Waals surface area contributed by atoms with Crippen molar-refractivity contribution in [3.05, 3.63) is 0 Å². The van der Waals surface area contributed by atoms with Crippen molar-refractivity contribution in [2.45, 2.75) is 0 Å². The van der Waals surface area contributed by atoms with E-state index in [1.807, 2.05) is 22.9 Å². The molecule has 46 valence electrons. The normalized spacial score (nSPS) is 20.5. The van der Waals surface area contributed by atoms with Crippen LogP contribution in [0.1, 0.15) is 0 Å². The highest BCUT2D eigenvalue weighted by Gasteiger charge is 2.22. The zero-order chi connectivity index (χ0) is 6.15. The first kappa shape index (κ1) is 6.12. The molecular weight excluding hydrogens is 219 g/mol. The van der Waals surface area contributed by atoms with Crippen molar-refractivity contribution in [3.8, 4) is 0 Å². The first-order valence-electron chi connectivity index (χ1n) is 2.40. The molecule has 0 unspecified atom stereocenters. The van der Waals surface area contributed by atoms with E-state index in [-0.39, 0.29) is 6.03 Å². The summed E-state index contributed by atoms with van der Waals surface area (Å²) in [7, 11) is 1.81. The summed E-state index contributed by atoms with van der Waals surface area (Å²) < 4.78 is 1.68. The van der Waals surface area contributed by atoms with Gasteiger partial charge in [-0.2, -0.15) is 0 Å². The number of carbonyl (C=O) groups is 1. The second-order valence-electron chi connectivity index (χ2n) is 1.79. The summed E-state index contributed by atoms with van der Waals surface area (Å²) in [5, 5.41) is 0. The molecule has 1 heterocycles. The Morgan fingerprint density at radius 3 is 2.38 bits per heavy atom. The predicted octanol–water partition coefficient (Wildman–Crippen LogP) is 0.704. The molecule has 0 spiro atoms. The maximum Gasteiger partial charge on any atom is 0.328 e. The molecule has 1 saturated heterocycles.